The number of ether oxygens (including phenoxy) is 1. The number of rotatable bonds is 6. The number of nitrogens with zero attached hydrogens (tertiary/aromatic N) is 1. The molecule has 1 amide bonds. The smallest absolute Gasteiger partial charge is 0.425 e. The van der Waals surface area contributed by atoms with Gasteiger partial charge in [-0.15, -0.1) is 0 Å². The van der Waals surface area contributed by atoms with Crippen molar-refractivity contribution in [1.29, 1.82) is 0 Å². The van der Waals surface area contributed by atoms with E-state index in [2.05, 4.69) is 10.5 Å². The second-order valence-electron chi connectivity index (χ2n) is 7.45. The fraction of sp³-hybridized carbons (Fsp3) is 0.647. The van der Waals surface area contributed by atoms with Crippen LogP contribution in [0.4, 0.5) is 13.2 Å². The van der Waals surface area contributed by atoms with Crippen LogP contribution in [0, 0.1) is 5.41 Å². The van der Waals surface area contributed by atoms with Gasteiger partial charge in [-0.3, -0.25) is 9.63 Å². The van der Waals surface area contributed by atoms with Gasteiger partial charge in [0, 0.05) is 5.56 Å². The van der Waals surface area contributed by atoms with Crippen LogP contribution in [0.1, 0.15) is 62.5 Å². The van der Waals surface area contributed by atoms with E-state index in [1.165, 1.54) is 6.07 Å². The van der Waals surface area contributed by atoms with Crippen LogP contribution < -0.4 is 10.2 Å². The molecule has 0 radical (unpaired) electrons. The average Bonchev–Trinajstić information content (AvgIpc) is 3.29. The molecule has 140 valence electrons. The molecule has 1 unspecified atom stereocenters. The number of hydroxylamine groups is 1. The van der Waals surface area contributed by atoms with E-state index in [4.69, 9.17) is 9.57 Å². The molecule has 0 aliphatic heterocycles. The quantitative estimate of drug-likeness (QED) is 0.779. The number of hydrogen-bond acceptors (Lipinski definition) is 4. The van der Waals surface area contributed by atoms with Crippen LogP contribution in [0.15, 0.2) is 12.1 Å². The van der Waals surface area contributed by atoms with Gasteiger partial charge in [0.05, 0.1) is 6.61 Å². The van der Waals surface area contributed by atoms with Gasteiger partial charge < -0.3 is 4.74 Å². The molecule has 0 aromatic carbocycles. The number of nitrogens with one attached hydrogen (secondary N) is 1. The molecule has 1 heterocycles. The summed E-state index contributed by atoms with van der Waals surface area (Å²) in [5, 5.41) is 0. The van der Waals surface area contributed by atoms with Gasteiger partial charge in [-0.25, -0.2) is 10.5 Å². The minimum atomic E-state index is -4.50. The highest BCUT2D eigenvalue weighted by molar-refractivity contribution is 5.91. The van der Waals surface area contributed by atoms with E-state index in [1.54, 1.807) is 6.07 Å². The van der Waals surface area contributed by atoms with E-state index in [0.717, 1.165) is 19.8 Å². The summed E-state index contributed by atoms with van der Waals surface area (Å²) in [6.45, 7) is 7.01. The second-order valence-corrected chi connectivity index (χ2v) is 7.45. The molecular weight excluding hydrogens is 337 g/mol. The molecule has 0 saturated heterocycles. The third-order valence-electron chi connectivity index (χ3n) is 3.56. The fourth-order valence-electron chi connectivity index (χ4n) is 1.98. The number of halogens is 3. The maximum absolute atomic E-state index is 12.8. The van der Waals surface area contributed by atoms with Gasteiger partial charge in [0.25, 0.3) is 5.91 Å². The van der Waals surface area contributed by atoms with E-state index >= 15 is 0 Å². The minimum Gasteiger partial charge on any atom is -0.465 e. The standard InChI is InChI=1S/C17H23F3N2O3/c1-10(17(18,19)20)25-15-12(11-5-6-11)7-8-13(21-15)14(23)22-24-9-16(2,3)4/h7-8,10-11H,5-6,9H2,1-4H3,(H,22,23). The van der Waals surface area contributed by atoms with Crippen LogP contribution in [0.3, 0.4) is 0 Å². The molecule has 2 rings (SSSR count). The molecule has 25 heavy (non-hydrogen) atoms. The van der Waals surface area contributed by atoms with Crippen molar-refractivity contribution in [3.63, 3.8) is 0 Å². The number of carbonyl (C=O) groups is 1. The van der Waals surface area contributed by atoms with Crippen molar-refractivity contribution in [1.82, 2.24) is 10.5 Å². The van der Waals surface area contributed by atoms with Gasteiger partial charge >= 0.3 is 6.18 Å². The molecule has 1 N–H and O–H groups in total. The highest BCUT2D eigenvalue weighted by Crippen LogP contribution is 2.44. The Morgan fingerprint density at radius 2 is 1.96 bits per heavy atom. The summed E-state index contributed by atoms with van der Waals surface area (Å²) < 4.78 is 43.3. The average molecular weight is 360 g/mol. The summed E-state index contributed by atoms with van der Waals surface area (Å²) in [5.74, 6) is -0.635. The van der Waals surface area contributed by atoms with Crippen molar-refractivity contribution in [3.8, 4) is 5.88 Å². The zero-order valence-corrected chi connectivity index (χ0v) is 14.7. The molecule has 0 spiro atoms. The maximum Gasteiger partial charge on any atom is 0.425 e. The van der Waals surface area contributed by atoms with Crippen LogP contribution in [0.2, 0.25) is 0 Å². The SMILES string of the molecule is CC(Oc1nc(C(=O)NOCC(C)(C)C)ccc1C1CC1)C(F)(F)F. The first-order valence-corrected chi connectivity index (χ1v) is 8.14. The molecule has 1 aromatic heterocycles. The normalized spacial score (nSPS) is 16.4. The molecule has 5 nitrogen and oxygen atoms in total. The van der Waals surface area contributed by atoms with Crippen molar-refractivity contribution in [2.45, 2.75) is 58.7 Å². The predicted octanol–water partition coefficient (Wildman–Crippen LogP) is 4.00. The van der Waals surface area contributed by atoms with E-state index in [1.807, 2.05) is 20.8 Å². The first kappa shape index (κ1) is 19.5. The first-order valence-electron chi connectivity index (χ1n) is 8.14. The number of carbonyl (C=O) groups excluding carboxylic acids is 1. The van der Waals surface area contributed by atoms with E-state index in [9.17, 15) is 18.0 Å². The van der Waals surface area contributed by atoms with E-state index < -0.39 is 18.2 Å². The molecule has 8 heteroatoms. The number of amides is 1. The molecule has 1 aliphatic rings. The van der Waals surface area contributed by atoms with Gasteiger partial charge in [0.2, 0.25) is 5.88 Å². The molecule has 1 aromatic rings. The second kappa shape index (κ2) is 7.19. The zero-order chi connectivity index (χ0) is 18.8. The highest BCUT2D eigenvalue weighted by atomic mass is 19.4. The molecule has 1 fully saturated rings. The Labute approximate surface area is 144 Å². The van der Waals surface area contributed by atoms with Gasteiger partial charge in [0.15, 0.2) is 6.10 Å². The zero-order valence-electron chi connectivity index (χ0n) is 14.7. The molecule has 1 saturated carbocycles. The van der Waals surface area contributed by atoms with Crippen molar-refractivity contribution in [2.75, 3.05) is 6.61 Å². The molecule has 1 atom stereocenters. The fourth-order valence-corrected chi connectivity index (χ4v) is 1.98. The van der Waals surface area contributed by atoms with E-state index in [-0.39, 0.29) is 29.5 Å². The summed E-state index contributed by atoms with van der Waals surface area (Å²) in [5.41, 5.74) is 2.65. The Morgan fingerprint density at radius 3 is 2.48 bits per heavy atom. The number of pyridine rings is 1. The Hall–Kier alpha value is -1.83. The third-order valence-corrected chi connectivity index (χ3v) is 3.56. The Morgan fingerprint density at radius 1 is 1.32 bits per heavy atom. The van der Waals surface area contributed by atoms with Crippen LogP contribution >= 0.6 is 0 Å². The summed E-state index contributed by atoms with van der Waals surface area (Å²) in [4.78, 5) is 21.2. The Bertz CT molecular complexity index is 623. The third kappa shape index (κ3) is 5.88. The lowest BCUT2D eigenvalue weighted by Crippen LogP contribution is -2.32. The lowest BCUT2D eigenvalue weighted by atomic mass is 9.99. The van der Waals surface area contributed by atoms with Gasteiger partial charge in [-0.05, 0) is 37.2 Å². The lowest BCUT2D eigenvalue weighted by molar-refractivity contribution is -0.190. The highest BCUT2D eigenvalue weighted by Gasteiger charge is 2.39. The molecule has 1 aliphatic carbocycles. The van der Waals surface area contributed by atoms with Crippen molar-refractivity contribution < 1.29 is 27.5 Å². The summed E-state index contributed by atoms with van der Waals surface area (Å²) >= 11 is 0. The van der Waals surface area contributed by atoms with Crippen molar-refractivity contribution >= 4 is 5.91 Å². The summed E-state index contributed by atoms with van der Waals surface area (Å²) in [7, 11) is 0. The molecular formula is C17H23F3N2O3. The topological polar surface area (TPSA) is 60.5 Å². The first-order chi connectivity index (χ1) is 11.5. The van der Waals surface area contributed by atoms with Crippen LogP contribution in [-0.4, -0.2) is 29.8 Å². The maximum atomic E-state index is 12.8. The number of aromatic nitrogens is 1. The van der Waals surface area contributed by atoms with Gasteiger partial charge in [0.1, 0.15) is 5.69 Å². The monoisotopic (exact) mass is 360 g/mol. The number of alkyl halides is 3. The summed E-state index contributed by atoms with van der Waals surface area (Å²) in [6.07, 6.45) is -4.76. The largest absolute Gasteiger partial charge is 0.465 e. The summed E-state index contributed by atoms with van der Waals surface area (Å²) in [6, 6.07) is 3.07. The van der Waals surface area contributed by atoms with Crippen molar-refractivity contribution in [2.24, 2.45) is 5.41 Å². The van der Waals surface area contributed by atoms with Crippen LogP contribution in [0.25, 0.3) is 0 Å². The number of hydrogen-bond donors (Lipinski definition) is 1. The van der Waals surface area contributed by atoms with Crippen LogP contribution in [0.5, 0.6) is 5.88 Å². The predicted molar refractivity (Wildman–Crippen MR) is 85.2 cm³/mol. The van der Waals surface area contributed by atoms with Gasteiger partial charge in [-0.2, -0.15) is 13.2 Å². The Balaban J connectivity index is 2.12. The van der Waals surface area contributed by atoms with Crippen LogP contribution in [-0.2, 0) is 4.84 Å². The van der Waals surface area contributed by atoms with E-state index in [0.29, 0.717) is 5.56 Å². The Kier molecular flexibility index (Phi) is 5.61. The van der Waals surface area contributed by atoms with Gasteiger partial charge in [-0.1, -0.05) is 26.8 Å². The van der Waals surface area contributed by atoms with Crippen molar-refractivity contribution in [3.05, 3.63) is 23.4 Å². The minimum absolute atomic E-state index is 0.0531. The lowest BCUT2D eigenvalue weighted by Gasteiger charge is -2.20. The molecule has 0 bridgehead atoms.